The summed E-state index contributed by atoms with van der Waals surface area (Å²) in [5, 5.41) is 0. The molecule has 0 aliphatic carbocycles. The number of pyridine rings is 1. The molecule has 25 heavy (non-hydrogen) atoms. The SMILES string of the molecule is COc1cccc(N2CCC(N)C2c2ccn3ccnc3c2)c1OC. The number of hydrogen-bond acceptors (Lipinski definition) is 5. The van der Waals surface area contributed by atoms with Crippen molar-refractivity contribution in [3.63, 3.8) is 0 Å². The summed E-state index contributed by atoms with van der Waals surface area (Å²) >= 11 is 0. The molecule has 6 nitrogen and oxygen atoms in total. The first-order valence-electron chi connectivity index (χ1n) is 8.38. The molecule has 2 aromatic heterocycles. The van der Waals surface area contributed by atoms with E-state index in [1.165, 1.54) is 0 Å². The Balaban J connectivity index is 1.79. The molecule has 3 heterocycles. The topological polar surface area (TPSA) is 65.0 Å². The van der Waals surface area contributed by atoms with Crippen LogP contribution in [-0.2, 0) is 0 Å². The Morgan fingerprint density at radius 1 is 1.16 bits per heavy atom. The molecule has 0 spiro atoms. The number of ether oxygens (including phenoxy) is 2. The van der Waals surface area contributed by atoms with Gasteiger partial charge >= 0.3 is 0 Å². The molecule has 130 valence electrons. The molecule has 1 fully saturated rings. The summed E-state index contributed by atoms with van der Waals surface area (Å²) in [5.41, 5.74) is 9.57. The molecule has 6 heteroatoms. The minimum atomic E-state index is 0.0494. The fourth-order valence-electron chi connectivity index (χ4n) is 3.72. The minimum absolute atomic E-state index is 0.0494. The molecule has 1 aliphatic heterocycles. The van der Waals surface area contributed by atoms with Crippen LogP contribution in [0, 0.1) is 0 Å². The number of hydrogen-bond donors (Lipinski definition) is 1. The average molecular weight is 338 g/mol. The van der Waals surface area contributed by atoms with Gasteiger partial charge in [0.2, 0.25) is 0 Å². The summed E-state index contributed by atoms with van der Waals surface area (Å²) in [6, 6.07) is 10.3. The number of imidazole rings is 1. The molecule has 4 rings (SSSR count). The summed E-state index contributed by atoms with van der Waals surface area (Å²) in [5.74, 6) is 1.47. The highest BCUT2D eigenvalue weighted by Gasteiger charge is 2.35. The van der Waals surface area contributed by atoms with Gasteiger partial charge in [-0.05, 0) is 36.2 Å². The average Bonchev–Trinajstić information content (AvgIpc) is 3.26. The third-order valence-corrected chi connectivity index (χ3v) is 4.90. The summed E-state index contributed by atoms with van der Waals surface area (Å²) in [6.07, 6.45) is 6.70. The Hall–Kier alpha value is -2.73. The van der Waals surface area contributed by atoms with Gasteiger partial charge in [0.1, 0.15) is 5.65 Å². The van der Waals surface area contributed by atoms with Crippen LogP contribution in [0.3, 0.4) is 0 Å². The van der Waals surface area contributed by atoms with Crippen molar-refractivity contribution in [1.29, 1.82) is 0 Å². The second kappa shape index (κ2) is 6.29. The van der Waals surface area contributed by atoms with E-state index in [1.54, 1.807) is 20.4 Å². The van der Waals surface area contributed by atoms with Gasteiger partial charge < -0.3 is 24.5 Å². The van der Waals surface area contributed by atoms with Gasteiger partial charge in [0.25, 0.3) is 0 Å². The molecular formula is C19H22N4O2. The molecule has 2 atom stereocenters. The number of anilines is 1. The molecule has 2 N–H and O–H groups in total. The Morgan fingerprint density at radius 3 is 2.84 bits per heavy atom. The molecule has 3 aromatic rings. The molecule has 0 saturated carbocycles. The number of rotatable bonds is 4. The normalized spacial score (nSPS) is 20.2. The zero-order valence-corrected chi connectivity index (χ0v) is 14.4. The lowest BCUT2D eigenvalue weighted by Crippen LogP contribution is -2.32. The Labute approximate surface area is 146 Å². The second-order valence-corrected chi connectivity index (χ2v) is 6.26. The third kappa shape index (κ3) is 2.59. The quantitative estimate of drug-likeness (QED) is 0.792. The first-order chi connectivity index (χ1) is 12.2. The number of fused-ring (bicyclic) bond motifs is 1. The summed E-state index contributed by atoms with van der Waals surface area (Å²) in [4.78, 5) is 6.70. The lowest BCUT2D eigenvalue weighted by atomic mass is 10.0. The largest absolute Gasteiger partial charge is 0.493 e. The van der Waals surface area contributed by atoms with Crippen LogP contribution < -0.4 is 20.1 Å². The van der Waals surface area contributed by atoms with E-state index >= 15 is 0 Å². The van der Waals surface area contributed by atoms with Crippen molar-refractivity contribution in [2.45, 2.75) is 18.5 Å². The third-order valence-electron chi connectivity index (χ3n) is 4.90. The zero-order valence-electron chi connectivity index (χ0n) is 14.4. The van der Waals surface area contributed by atoms with Crippen LogP contribution in [0.25, 0.3) is 5.65 Å². The van der Waals surface area contributed by atoms with Gasteiger partial charge in [-0.2, -0.15) is 0 Å². The molecule has 1 aliphatic rings. The van der Waals surface area contributed by atoms with Gasteiger partial charge in [-0.25, -0.2) is 4.98 Å². The summed E-state index contributed by atoms with van der Waals surface area (Å²) < 4.78 is 13.1. The van der Waals surface area contributed by atoms with Gasteiger partial charge in [0.15, 0.2) is 11.5 Å². The van der Waals surface area contributed by atoms with E-state index in [2.05, 4.69) is 28.1 Å². The molecule has 1 saturated heterocycles. The van der Waals surface area contributed by atoms with Crippen LogP contribution in [-0.4, -0.2) is 36.2 Å². The predicted octanol–water partition coefficient (Wildman–Crippen LogP) is 2.63. The standard InChI is InChI=1S/C19H22N4O2/c1-24-16-5-3-4-15(19(16)25-2)23-10-7-14(20)18(23)13-6-9-22-11-8-21-17(22)12-13/h3-6,8-9,11-12,14,18H,7,10,20H2,1-2H3. The van der Waals surface area contributed by atoms with Gasteiger partial charge in [-0.1, -0.05) is 6.07 Å². The van der Waals surface area contributed by atoms with Crippen LogP contribution in [0.1, 0.15) is 18.0 Å². The van der Waals surface area contributed by atoms with Gasteiger partial charge in [0.05, 0.1) is 25.9 Å². The van der Waals surface area contributed by atoms with Crippen LogP contribution >= 0.6 is 0 Å². The van der Waals surface area contributed by atoms with Crippen molar-refractivity contribution in [1.82, 2.24) is 9.38 Å². The van der Waals surface area contributed by atoms with Gasteiger partial charge in [-0.15, -0.1) is 0 Å². The van der Waals surface area contributed by atoms with E-state index in [-0.39, 0.29) is 12.1 Å². The van der Waals surface area contributed by atoms with E-state index < -0.39 is 0 Å². The summed E-state index contributed by atoms with van der Waals surface area (Å²) in [7, 11) is 3.32. The highest BCUT2D eigenvalue weighted by atomic mass is 16.5. The Morgan fingerprint density at radius 2 is 2.04 bits per heavy atom. The fraction of sp³-hybridized carbons (Fsp3) is 0.316. The zero-order chi connectivity index (χ0) is 17.4. The number of nitrogens with zero attached hydrogens (tertiary/aromatic N) is 3. The molecular weight excluding hydrogens is 316 g/mol. The van der Waals surface area contributed by atoms with Crippen molar-refractivity contribution in [2.24, 2.45) is 5.73 Å². The molecule has 0 radical (unpaired) electrons. The van der Waals surface area contributed by atoms with E-state index in [4.69, 9.17) is 15.2 Å². The molecule has 0 bridgehead atoms. The smallest absolute Gasteiger partial charge is 0.184 e. The van der Waals surface area contributed by atoms with Crippen molar-refractivity contribution < 1.29 is 9.47 Å². The van der Waals surface area contributed by atoms with E-state index in [9.17, 15) is 0 Å². The number of para-hydroxylation sites is 1. The van der Waals surface area contributed by atoms with Crippen LogP contribution in [0.2, 0.25) is 0 Å². The first-order valence-corrected chi connectivity index (χ1v) is 8.38. The van der Waals surface area contributed by atoms with Crippen LogP contribution in [0.5, 0.6) is 11.5 Å². The molecule has 0 amide bonds. The highest BCUT2D eigenvalue weighted by Crippen LogP contribution is 2.44. The number of benzene rings is 1. The highest BCUT2D eigenvalue weighted by molar-refractivity contribution is 5.66. The van der Waals surface area contributed by atoms with Crippen molar-refractivity contribution >= 4 is 11.3 Å². The maximum atomic E-state index is 6.48. The maximum Gasteiger partial charge on any atom is 0.184 e. The van der Waals surface area contributed by atoms with Gasteiger partial charge in [-0.3, -0.25) is 0 Å². The van der Waals surface area contributed by atoms with Gasteiger partial charge in [0, 0.05) is 31.2 Å². The second-order valence-electron chi connectivity index (χ2n) is 6.26. The van der Waals surface area contributed by atoms with Crippen molar-refractivity contribution in [3.05, 3.63) is 54.5 Å². The number of aromatic nitrogens is 2. The van der Waals surface area contributed by atoms with E-state index in [0.717, 1.165) is 41.4 Å². The minimum Gasteiger partial charge on any atom is -0.493 e. The lowest BCUT2D eigenvalue weighted by Gasteiger charge is -2.30. The van der Waals surface area contributed by atoms with Crippen LogP contribution in [0.15, 0.2) is 48.9 Å². The maximum absolute atomic E-state index is 6.48. The first kappa shape index (κ1) is 15.8. The van der Waals surface area contributed by atoms with E-state index in [1.807, 2.05) is 28.9 Å². The Bertz CT molecular complexity index is 892. The molecule has 1 aromatic carbocycles. The number of methoxy groups -OCH3 is 2. The monoisotopic (exact) mass is 338 g/mol. The van der Waals surface area contributed by atoms with Crippen molar-refractivity contribution in [3.8, 4) is 11.5 Å². The summed E-state index contributed by atoms with van der Waals surface area (Å²) in [6.45, 7) is 0.870. The van der Waals surface area contributed by atoms with E-state index in [0.29, 0.717) is 0 Å². The predicted molar refractivity (Wildman–Crippen MR) is 97.4 cm³/mol. The number of nitrogens with two attached hydrogens (primary N) is 1. The lowest BCUT2D eigenvalue weighted by molar-refractivity contribution is 0.354. The van der Waals surface area contributed by atoms with Crippen molar-refractivity contribution in [2.75, 3.05) is 25.7 Å². The van der Waals surface area contributed by atoms with Crippen LogP contribution in [0.4, 0.5) is 5.69 Å². The fourth-order valence-corrected chi connectivity index (χ4v) is 3.72. The Kier molecular flexibility index (Phi) is 3.97. The molecule has 2 unspecified atom stereocenters.